The van der Waals surface area contributed by atoms with Crippen molar-refractivity contribution in [2.45, 2.75) is 13.5 Å². The second-order valence-electron chi connectivity index (χ2n) is 7.18. The Morgan fingerprint density at radius 3 is 2.47 bits per heavy atom. The number of piperazine rings is 1. The zero-order valence-electron chi connectivity index (χ0n) is 17.0. The predicted octanol–water partition coefficient (Wildman–Crippen LogP) is 1.73. The van der Waals surface area contributed by atoms with E-state index in [1.807, 2.05) is 23.9 Å². The lowest BCUT2D eigenvalue weighted by Crippen LogP contribution is -2.51. The molecule has 1 aliphatic rings. The summed E-state index contributed by atoms with van der Waals surface area (Å²) >= 11 is 0. The summed E-state index contributed by atoms with van der Waals surface area (Å²) in [5, 5.41) is 0. The number of ether oxygens (including phenoxy) is 1. The molecule has 0 atom stereocenters. The Balaban J connectivity index is 1.47. The van der Waals surface area contributed by atoms with Crippen LogP contribution in [0.15, 0.2) is 41.1 Å². The van der Waals surface area contributed by atoms with Gasteiger partial charge in [-0.1, -0.05) is 0 Å². The summed E-state index contributed by atoms with van der Waals surface area (Å²) < 4.78 is 13.9. The van der Waals surface area contributed by atoms with E-state index in [4.69, 9.17) is 9.15 Å². The van der Waals surface area contributed by atoms with Crippen molar-refractivity contribution in [1.29, 1.82) is 0 Å². The van der Waals surface area contributed by atoms with Gasteiger partial charge in [0, 0.05) is 39.4 Å². The minimum atomic E-state index is -0.449. The first-order valence-corrected chi connectivity index (χ1v) is 9.91. The van der Waals surface area contributed by atoms with Gasteiger partial charge in [0.25, 0.3) is 5.91 Å². The quantitative estimate of drug-likeness (QED) is 0.596. The van der Waals surface area contributed by atoms with Gasteiger partial charge in [-0.15, -0.1) is 0 Å². The second-order valence-corrected chi connectivity index (χ2v) is 7.18. The maximum atomic E-state index is 13.0. The third kappa shape index (κ3) is 3.58. The Hall–Kier alpha value is -3.49. The summed E-state index contributed by atoms with van der Waals surface area (Å²) in [4.78, 5) is 41.2. The molecular weight excluding hydrogens is 388 g/mol. The zero-order valence-corrected chi connectivity index (χ0v) is 17.0. The van der Waals surface area contributed by atoms with E-state index in [1.54, 1.807) is 39.5 Å². The lowest BCUT2D eigenvalue weighted by atomic mass is 10.2. The SMILES string of the molecule is CCOC(=O)c1cc2c(ccn2C)n1CC(=O)N1CCN(C(=O)c2ccco2)CC1. The number of rotatable bonds is 5. The average Bonchev–Trinajstić information content (AvgIpc) is 3.47. The highest BCUT2D eigenvalue weighted by Crippen LogP contribution is 2.22. The molecule has 0 radical (unpaired) electrons. The van der Waals surface area contributed by atoms with E-state index in [0.717, 1.165) is 11.0 Å². The van der Waals surface area contributed by atoms with E-state index in [9.17, 15) is 14.4 Å². The molecule has 2 amide bonds. The van der Waals surface area contributed by atoms with Crippen molar-refractivity contribution in [3.8, 4) is 0 Å². The van der Waals surface area contributed by atoms with Crippen LogP contribution in [0.5, 0.6) is 0 Å². The Labute approximate surface area is 173 Å². The molecule has 1 aliphatic heterocycles. The summed E-state index contributed by atoms with van der Waals surface area (Å²) in [6, 6.07) is 6.94. The van der Waals surface area contributed by atoms with E-state index in [0.29, 0.717) is 37.6 Å². The van der Waals surface area contributed by atoms with Crippen molar-refractivity contribution >= 4 is 28.8 Å². The highest BCUT2D eigenvalue weighted by Gasteiger charge is 2.27. The van der Waals surface area contributed by atoms with Gasteiger partial charge in [0.1, 0.15) is 12.2 Å². The molecule has 0 aliphatic carbocycles. The molecule has 1 fully saturated rings. The van der Waals surface area contributed by atoms with Crippen LogP contribution in [0.25, 0.3) is 11.0 Å². The van der Waals surface area contributed by atoms with Crippen molar-refractivity contribution in [2.75, 3.05) is 32.8 Å². The Morgan fingerprint density at radius 2 is 1.80 bits per heavy atom. The normalized spacial score (nSPS) is 14.3. The first-order chi connectivity index (χ1) is 14.5. The molecule has 0 aromatic carbocycles. The molecular formula is C21H24N4O5. The van der Waals surface area contributed by atoms with Crippen molar-refractivity contribution in [1.82, 2.24) is 18.9 Å². The monoisotopic (exact) mass is 412 g/mol. The van der Waals surface area contributed by atoms with Crippen LogP contribution in [0, 0.1) is 0 Å². The third-order valence-electron chi connectivity index (χ3n) is 5.38. The Bertz CT molecular complexity index is 1070. The van der Waals surface area contributed by atoms with Gasteiger partial charge in [-0.05, 0) is 31.2 Å². The van der Waals surface area contributed by atoms with Gasteiger partial charge < -0.3 is 28.1 Å². The van der Waals surface area contributed by atoms with Gasteiger partial charge in [-0.25, -0.2) is 4.79 Å². The Morgan fingerprint density at radius 1 is 1.07 bits per heavy atom. The smallest absolute Gasteiger partial charge is 0.355 e. The molecule has 0 bridgehead atoms. The molecule has 4 rings (SSSR count). The Kier molecular flexibility index (Phi) is 5.35. The van der Waals surface area contributed by atoms with E-state index < -0.39 is 5.97 Å². The standard InChI is InChI=1S/C21H24N4O5/c1-3-29-21(28)17-13-16-15(6-7-22(16)2)25(17)14-19(26)23-8-10-24(11-9-23)20(27)18-5-4-12-30-18/h4-7,12-13H,3,8-11,14H2,1-2H3. The predicted molar refractivity (Wildman–Crippen MR) is 108 cm³/mol. The minimum absolute atomic E-state index is 0.0355. The van der Waals surface area contributed by atoms with Crippen LogP contribution < -0.4 is 0 Å². The summed E-state index contributed by atoms with van der Waals surface area (Å²) in [6.45, 7) is 3.77. The van der Waals surface area contributed by atoms with Crippen LogP contribution in [0.1, 0.15) is 28.0 Å². The highest BCUT2D eigenvalue weighted by molar-refractivity contribution is 5.96. The summed E-state index contributed by atoms with van der Waals surface area (Å²) in [5.41, 5.74) is 2.03. The fraction of sp³-hybridized carbons (Fsp3) is 0.381. The molecule has 1 saturated heterocycles. The molecule has 3 aromatic rings. The van der Waals surface area contributed by atoms with Crippen LogP contribution in [-0.4, -0.2) is 69.5 Å². The summed E-state index contributed by atoms with van der Waals surface area (Å²) in [5.74, 6) is -0.428. The number of aromatic nitrogens is 2. The van der Waals surface area contributed by atoms with Gasteiger partial charge in [-0.2, -0.15) is 0 Å². The van der Waals surface area contributed by atoms with Gasteiger partial charge in [0.2, 0.25) is 5.91 Å². The number of amides is 2. The average molecular weight is 412 g/mol. The number of hydrogen-bond acceptors (Lipinski definition) is 5. The first kappa shape index (κ1) is 19.8. The molecule has 9 heteroatoms. The molecule has 0 saturated carbocycles. The molecule has 158 valence electrons. The van der Waals surface area contributed by atoms with Crippen LogP contribution in [0.4, 0.5) is 0 Å². The fourth-order valence-electron chi connectivity index (χ4n) is 3.76. The van der Waals surface area contributed by atoms with Crippen LogP contribution in [0.3, 0.4) is 0 Å². The molecule has 3 aromatic heterocycles. The number of nitrogens with zero attached hydrogens (tertiary/aromatic N) is 4. The van der Waals surface area contributed by atoms with Gasteiger partial charge in [0.05, 0.1) is 23.9 Å². The van der Waals surface area contributed by atoms with Crippen molar-refractivity contribution in [3.05, 3.63) is 48.2 Å². The van der Waals surface area contributed by atoms with Crippen molar-refractivity contribution < 1.29 is 23.5 Å². The topological polar surface area (TPSA) is 89.9 Å². The highest BCUT2D eigenvalue weighted by atomic mass is 16.5. The van der Waals surface area contributed by atoms with Gasteiger partial charge >= 0.3 is 5.97 Å². The number of furan rings is 1. The second kappa shape index (κ2) is 8.10. The lowest BCUT2D eigenvalue weighted by molar-refractivity contribution is -0.133. The van der Waals surface area contributed by atoms with Gasteiger partial charge in [-0.3, -0.25) is 9.59 Å². The van der Waals surface area contributed by atoms with E-state index >= 15 is 0 Å². The maximum absolute atomic E-state index is 13.0. The van der Waals surface area contributed by atoms with E-state index in [-0.39, 0.29) is 25.0 Å². The number of hydrogen-bond donors (Lipinski definition) is 0. The maximum Gasteiger partial charge on any atom is 0.355 e. The molecule has 0 unspecified atom stereocenters. The van der Waals surface area contributed by atoms with Crippen LogP contribution in [-0.2, 0) is 23.1 Å². The number of carbonyl (C=O) groups is 3. The largest absolute Gasteiger partial charge is 0.461 e. The molecule has 30 heavy (non-hydrogen) atoms. The third-order valence-corrected chi connectivity index (χ3v) is 5.38. The van der Waals surface area contributed by atoms with Gasteiger partial charge in [0.15, 0.2) is 5.76 Å². The van der Waals surface area contributed by atoms with Crippen LogP contribution >= 0.6 is 0 Å². The minimum Gasteiger partial charge on any atom is -0.461 e. The fourth-order valence-corrected chi connectivity index (χ4v) is 3.76. The summed E-state index contributed by atoms with van der Waals surface area (Å²) in [7, 11) is 1.89. The summed E-state index contributed by atoms with van der Waals surface area (Å²) in [6.07, 6.45) is 3.36. The molecule has 0 spiro atoms. The number of fused-ring (bicyclic) bond motifs is 1. The molecule has 4 heterocycles. The van der Waals surface area contributed by atoms with Crippen LogP contribution in [0.2, 0.25) is 0 Å². The van der Waals surface area contributed by atoms with Crippen molar-refractivity contribution in [3.63, 3.8) is 0 Å². The first-order valence-electron chi connectivity index (χ1n) is 9.91. The zero-order chi connectivity index (χ0) is 21.3. The lowest BCUT2D eigenvalue weighted by Gasteiger charge is -2.34. The molecule has 0 N–H and O–H groups in total. The number of esters is 1. The molecule has 9 nitrogen and oxygen atoms in total. The van der Waals surface area contributed by atoms with E-state index in [1.165, 1.54) is 6.26 Å². The van der Waals surface area contributed by atoms with Crippen molar-refractivity contribution in [2.24, 2.45) is 7.05 Å². The van der Waals surface area contributed by atoms with E-state index in [2.05, 4.69) is 0 Å². The number of aryl methyl sites for hydroxylation is 1. The number of carbonyl (C=O) groups excluding carboxylic acids is 3.